The molecule has 0 spiro atoms. The van der Waals surface area contributed by atoms with Gasteiger partial charge in [-0.05, 0) is 44.2 Å². The number of pyridine rings is 1. The molecular formula is C29H31FN6O3. The molecule has 10 heteroatoms. The minimum Gasteiger partial charge on any atom is -0.335 e. The van der Waals surface area contributed by atoms with Gasteiger partial charge in [0.25, 0.3) is 5.91 Å². The van der Waals surface area contributed by atoms with Gasteiger partial charge in [0, 0.05) is 43.7 Å². The number of anilines is 1. The van der Waals surface area contributed by atoms with Crippen molar-refractivity contribution >= 4 is 34.4 Å². The number of H-pyrrole nitrogens is 1. The third-order valence-electron chi connectivity index (χ3n) is 7.07. The number of nitrogens with one attached hydrogen (secondary N) is 2. The molecule has 2 N–H and O–H groups in total. The van der Waals surface area contributed by atoms with Crippen LogP contribution in [0.2, 0.25) is 0 Å². The number of amides is 3. The number of alkyl halides is 1. The first kappa shape index (κ1) is 27.5. The highest BCUT2D eigenvalue weighted by Crippen LogP contribution is 2.38. The molecule has 1 fully saturated rings. The molecule has 3 heterocycles. The summed E-state index contributed by atoms with van der Waals surface area (Å²) in [6.45, 7) is 6.34. The number of halogens is 1. The molecule has 0 saturated carbocycles. The Morgan fingerprint density at radius 2 is 2.05 bits per heavy atom. The quantitative estimate of drug-likeness (QED) is 0.425. The van der Waals surface area contributed by atoms with Crippen LogP contribution in [0.1, 0.15) is 37.2 Å². The fourth-order valence-electron chi connectivity index (χ4n) is 4.91. The fraction of sp³-hybridized carbons (Fsp3) is 0.345. The molecule has 1 aliphatic rings. The molecule has 202 valence electrons. The summed E-state index contributed by atoms with van der Waals surface area (Å²) in [7, 11) is 1.43. The smallest absolute Gasteiger partial charge is 0.270 e. The minimum atomic E-state index is -1.81. The summed E-state index contributed by atoms with van der Waals surface area (Å²) in [4.78, 5) is 50.3. The Kier molecular flexibility index (Phi) is 7.54. The number of likely N-dealkylation sites (N-methyl/N-ethyl adjacent to an activating group) is 1. The normalized spacial score (nSPS) is 19.8. The Labute approximate surface area is 226 Å². The summed E-state index contributed by atoms with van der Waals surface area (Å²) in [5.74, 6) is -1.55. The van der Waals surface area contributed by atoms with Crippen molar-refractivity contribution in [2.45, 2.75) is 44.4 Å². The van der Waals surface area contributed by atoms with E-state index < -0.39 is 40.9 Å². The first-order valence-electron chi connectivity index (χ1n) is 12.6. The Hall–Kier alpha value is -4.52. The molecule has 0 aliphatic carbocycles. The van der Waals surface area contributed by atoms with E-state index in [-0.39, 0.29) is 25.1 Å². The zero-order chi connectivity index (χ0) is 28.4. The van der Waals surface area contributed by atoms with Crippen molar-refractivity contribution in [2.24, 2.45) is 5.41 Å². The highest BCUT2D eigenvalue weighted by molar-refractivity contribution is 6.01. The number of carbonyl (C=O) groups excluding carboxylic acids is 3. The van der Waals surface area contributed by atoms with Gasteiger partial charge in [-0.1, -0.05) is 24.3 Å². The number of fused-ring (bicyclic) bond motifs is 1. The van der Waals surface area contributed by atoms with Crippen molar-refractivity contribution in [1.29, 1.82) is 5.26 Å². The topological polar surface area (TPSA) is 122 Å². The van der Waals surface area contributed by atoms with Gasteiger partial charge in [0.05, 0.1) is 11.5 Å². The van der Waals surface area contributed by atoms with Crippen molar-refractivity contribution in [3.05, 3.63) is 73.1 Å². The van der Waals surface area contributed by atoms with E-state index in [0.717, 1.165) is 0 Å². The lowest BCUT2D eigenvalue weighted by Crippen LogP contribution is -2.53. The number of nitriles is 1. The molecule has 4 rings (SSSR count). The lowest BCUT2D eigenvalue weighted by molar-refractivity contribution is -0.137. The highest BCUT2D eigenvalue weighted by atomic mass is 19.1. The van der Waals surface area contributed by atoms with Gasteiger partial charge in [-0.25, -0.2) is 9.37 Å². The zero-order valence-electron chi connectivity index (χ0n) is 22.1. The van der Waals surface area contributed by atoms with Gasteiger partial charge >= 0.3 is 0 Å². The van der Waals surface area contributed by atoms with Crippen molar-refractivity contribution in [1.82, 2.24) is 19.8 Å². The zero-order valence-corrected chi connectivity index (χ0v) is 22.1. The van der Waals surface area contributed by atoms with Gasteiger partial charge in [-0.3, -0.25) is 14.4 Å². The first-order chi connectivity index (χ1) is 18.5. The average molecular weight is 531 g/mol. The van der Waals surface area contributed by atoms with Crippen LogP contribution in [0, 0.1) is 16.7 Å². The van der Waals surface area contributed by atoms with E-state index >= 15 is 0 Å². The lowest BCUT2D eigenvalue weighted by Gasteiger charge is -2.34. The number of hydrogen-bond donors (Lipinski definition) is 2. The number of hydrogen-bond acceptors (Lipinski definition) is 5. The molecule has 1 aromatic carbocycles. The van der Waals surface area contributed by atoms with Gasteiger partial charge in [-0.2, -0.15) is 5.26 Å². The summed E-state index contributed by atoms with van der Waals surface area (Å²) in [6.07, 6.45) is 2.75. The van der Waals surface area contributed by atoms with Crippen LogP contribution in [0.4, 0.5) is 10.1 Å². The maximum atomic E-state index is 15.0. The second kappa shape index (κ2) is 10.7. The Morgan fingerprint density at radius 1 is 1.33 bits per heavy atom. The van der Waals surface area contributed by atoms with Gasteiger partial charge in [0.2, 0.25) is 11.8 Å². The molecule has 39 heavy (non-hydrogen) atoms. The van der Waals surface area contributed by atoms with Gasteiger partial charge in [0.15, 0.2) is 0 Å². The lowest BCUT2D eigenvalue weighted by atomic mass is 9.84. The van der Waals surface area contributed by atoms with Crippen molar-refractivity contribution < 1.29 is 18.8 Å². The van der Waals surface area contributed by atoms with E-state index in [1.54, 1.807) is 48.7 Å². The number of carbonyl (C=O) groups is 3. The molecule has 9 nitrogen and oxygen atoms in total. The number of rotatable bonds is 8. The molecule has 2 aromatic heterocycles. The van der Waals surface area contributed by atoms with Crippen LogP contribution in [-0.4, -0.2) is 68.8 Å². The molecule has 1 saturated heterocycles. The Balaban J connectivity index is 1.62. The molecule has 0 unspecified atom stereocenters. The van der Waals surface area contributed by atoms with Crippen LogP contribution in [-0.2, 0) is 9.59 Å². The molecule has 3 aromatic rings. The second-order valence-corrected chi connectivity index (χ2v) is 10.5. The monoisotopic (exact) mass is 530 g/mol. The summed E-state index contributed by atoms with van der Waals surface area (Å²) in [6, 6.07) is 13.9. The Bertz CT molecular complexity index is 1410. The van der Waals surface area contributed by atoms with Crippen LogP contribution < -0.4 is 5.32 Å². The largest absolute Gasteiger partial charge is 0.335 e. The molecule has 3 amide bonds. The van der Waals surface area contributed by atoms with Crippen LogP contribution >= 0.6 is 0 Å². The van der Waals surface area contributed by atoms with E-state index in [9.17, 15) is 24.0 Å². The standard InChI is InChI=1S/C29H31FN6O3/c1-5-29(27(39)33-20-11-7-6-8-12-20)15-21(17-31)36(18-29)26(38)23(16-28(2,3)30)35(4)25(37)22-14-19-10-9-13-32-24(19)34-22/h5-14,21,23H,1,15-16,18H2,2-4H3,(H,32,34)(H,33,39)/t21-,23-,29-/m0/s1. The van der Waals surface area contributed by atoms with Crippen LogP contribution in [0.15, 0.2) is 67.4 Å². The number of benzene rings is 1. The molecule has 0 bridgehead atoms. The van der Waals surface area contributed by atoms with E-state index in [1.165, 1.54) is 36.8 Å². The van der Waals surface area contributed by atoms with E-state index in [2.05, 4.69) is 27.9 Å². The first-order valence-corrected chi connectivity index (χ1v) is 12.6. The third kappa shape index (κ3) is 5.67. The summed E-state index contributed by atoms with van der Waals surface area (Å²) < 4.78 is 15.0. The van der Waals surface area contributed by atoms with Crippen LogP contribution in [0.25, 0.3) is 11.0 Å². The number of para-hydroxylation sites is 1. The predicted octanol–water partition coefficient (Wildman–Crippen LogP) is 4.08. The van der Waals surface area contributed by atoms with Gasteiger partial charge in [0.1, 0.15) is 29.1 Å². The average Bonchev–Trinajstić information content (AvgIpc) is 3.53. The van der Waals surface area contributed by atoms with Gasteiger partial charge in [-0.15, -0.1) is 6.58 Å². The maximum absolute atomic E-state index is 15.0. The molecule has 3 atom stereocenters. The molecule has 0 radical (unpaired) electrons. The predicted molar refractivity (Wildman–Crippen MR) is 145 cm³/mol. The maximum Gasteiger partial charge on any atom is 0.270 e. The van der Waals surface area contributed by atoms with Crippen molar-refractivity contribution in [2.75, 3.05) is 18.9 Å². The third-order valence-corrected chi connectivity index (χ3v) is 7.07. The Morgan fingerprint density at radius 3 is 2.67 bits per heavy atom. The van der Waals surface area contributed by atoms with E-state index in [1.807, 2.05) is 6.07 Å². The van der Waals surface area contributed by atoms with E-state index in [4.69, 9.17) is 0 Å². The molecule has 1 aliphatic heterocycles. The second-order valence-electron chi connectivity index (χ2n) is 10.5. The van der Waals surface area contributed by atoms with E-state index in [0.29, 0.717) is 16.7 Å². The van der Waals surface area contributed by atoms with Crippen LogP contribution in [0.5, 0.6) is 0 Å². The van der Waals surface area contributed by atoms with Gasteiger partial charge < -0.3 is 20.1 Å². The summed E-state index contributed by atoms with van der Waals surface area (Å²) >= 11 is 0. The SMILES string of the molecule is C=C[C@]1(C(=O)Nc2ccccc2)C[C@@H](C#N)N(C(=O)[C@H](CC(C)(C)F)N(C)C(=O)c2cc3cccnc3[nH]2)C1. The van der Waals surface area contributed by atoms with Crippen molar-refractivity contribution in [3.63, 3.8) is 0 Å². The number of aromatic amines is 1. The minimum absolute atomic E-state index is 0.0223. The summed E-state index contributed by atoms with van der Waals surface area (Å²) in [5, 5.41) is 13.5. The highest BCUT2D eigenvalue weighted by Gasteiger charge is 2.51. The molecular weight excluding hydrogens is 499 g/mol. The summed E-state index contributed by atoms with van der Waals surface area (Å²) in [5.41, 5.74) is -1.78. The number of likely N-dealkylation sites (tertiary alicyclic amines) is 1. The van der Waals surface area contributed by atoms with Crippen LogP contribution in [0.3, 0.4) is 0 Å². The fourth-order valence-corrected chi connectivity index (χ4v) is 4.91. The van der Waals surface area contributed by atoms with Crippen molar-refractivity contribution in [3.8, 4) is 6.07 Å². The number of nitrogens with zero attached hydrogens (tertiary/aromatic N) is 4. The number of aromatic nitrogens is 2.